The molecule has 4 heteroatoms. The molecule has 94 valence electrons. The first-order valence-corrected chi connectivity index (χ1v) is 6.23. The molecule has 0 unspecified atom stereocenters. The SMILES string of the molecule is N#Cc1cccc2c1C1c3c(C#N)cccc3OC1O2. The molecule has 0 amide bonds. The van der Waals surface area contributed by atoms with E-state index in [1.54, 1.807) is 24.3 Å². The van der Waals surface area contributed by atoms with Crippen LogP contribution < -0.4 is 9.47 Å². The monoisotopic (exact) mass is 260 g/mol. The lowest BCUT2D eigenvalue weighted by atomic mass is 9.87. The fraction of sp³-hybridized carbons (Fsp3) is 0.125. The zero-order chi connectivity index (χ0) is 13.7. The van der Waals surface area contributed by atoms with E-state index < -0.39 is 6.29 Å². The van der Waals surface area contributed by atoms with E-state index in [2.05, 4.69) is 12.1 Å². The molecule has 2 aliphatic rings. The van der Waals surface area contributed by atoms with Gasteiger partial charge in [0.25, 0.3) is 6.29 Å². The Hall–Kier alpha value is -2.98. The Morgan fingerprint density at radius 1 is 0.800 bits per heavy atom. The number of rotatable bonds is 0. The van der Waals surface area contributed by atoms with E-state index in [1.165, 1.54) is 0 Å². The van der Waals surface area contributed by atoms with Crippen molar-refractivity contribution in [2.45, 2.75) is 12.2 Å². The maximum atomic E-state index is 9.28. The first kappa shape index (κ1) is 10.9. The molecule has 0 spiro atoms. The molecule has 0 saturated heterocycles. The Labute approximate surface area is 115 Å². The average Bonchev–Trinajstić information content (AvgIpc) is 3.01. The van der Waals surface area contributed by atoms with Gasteiger partial charge in [0.2, 0.25) is 0 Å². The molecule has 2 aromatic rings. The number of hydrogen-bond acceptors (Lipinski definition) is 4. The van der Waals surface area contributed by atoms with Gasteiger partial charge in [0.1, 0.15) is 11.5 Å². The maximum absolute atomic E-state index is 9.28. The van der Waals surface area contributed by atoms with Crippen LogP contribution in [0, 0.1) is 22.7 Å². The van der Waals surface area contributed by atoms with Gasteiger partial charge >= 0.3 is 0 Å². The van der Waals surface area contributed by atoms with Crippen LogP contribution >= 0.6 is 0 Å². The number of nitrogens with zero attached hydrogens (tertiary/aromatic N) is 2. The summed E-state index contributed by atoms with van der Waals surface area (Å²) >= 11 is 0. The molecule has 0 N–H and O–H groups in total. The molecule has 0 bridgehead atoms. The summed E-state index contributed by atoms with van der Waals surface area (Å²) in [6.07, 6.45) is -0.482. The molecule has 4 nitrogen and oxygen atoms in total. The van der Waals surface area contributed by atoms with Crippen molar-refractivity contribution in [3.8, 4) is 23.6 Å². The van der Waals surface area contributed by atoms with Crippen molar-refractivity contribution >= 4 is 0 Å². The fourth-order valence-electron chi connectivity index (χ4n) is 2.96. The second-order valence-corrected chi connectivity index (χ2v) is 4.74. The molecule has 0 aliphatic carbocycles. The molecule has 20 heavy (non-hydrogen) atoms. The van der Waals surface area contributed by atoms with Crippen molar-refractivity contribution in [2.75, 3.05) is 0 Å². The number of ether oxygens (including phenoxy) is 2. The van der Waals surface area contributed by atoms with Gasteiger partial charge in [0.15, 0.2) is 0 Å². The van der Waals surface area contributed by atoms with Gasteiger partial charge in [0, 0.05) is 11.1 Å². The molecule has 0 saturated carbocycles. The molecular formula is C16H8N2O2. The molecular weight excluding hydrogens is 252 g/mol. The van der Waals surface area contributed by atoms with E-state index in [-0.39, 0.29) is 5.92 Å². The predicted octanol–water partition coefficient (Wildman–Crippen LogP) is 2.67. The summed E-state index contributed by atoms with van der Waals surface area (Å²) in [6, 6.07) is 15.1. The Morgan fingerprint density at radius 2 is 1.30 bits per heavy atom. The lowest BCUT2D eigenvalue weighted by molar-refractivity contribution is 0.0329. The Kier molecular flexibility index (Phi) is 2.05. The third kappa shape index (κ3) is 1.23. The first-order chi connectivity index (χ1) is 9.83. The molecule has 2 heterocycles. The van der Waals surface area contributed by atoms with Gasteiger partial charge in [-0.05, 0) is 24.3 Å². The summed E-state index contributed by atoms with van der Waals surface area (Å²) in [5.41, 5.74) is 2.78. The van der Waals surface area contributed by atoms with E-state index in [0.29, 0.717) is 22.6 Å². The maximum Gasteiger partial charge on any atom is 0.252 e. The zero-order valence-corrected chi connectivity index (χ0v) is 10.3. The summed E-state index contributed by atoms with van der Waals surface area (Å²) in [5, 5.41) is 18.6. The standard InChI is InChI=1S/C16H8N2O2/c17-7-9-3-1-5-11-13(9)15-14-10(8-18)4-2-6-12(14)20-16(15)19-11/h1-6,15-16H. The van der Waals surface area contributed by atoms with Gasteiger partial charge in [-0.3, -0.25) is 0 Å². The minimum Gasteiger partial charge on any atom is -0.453 e. The normalized spacial score (nSPS) is 20.7. The summed E-state index contributed by atoms with van der Waals surface area (Å²) in [4.78, 5) is 0. The predicted molar refractivity (Wildman–Crippen MR) is 69.2 cm³/mol. The van der Waals surface area contributed by atoms with Crippen LogP contribution in [0.25, 0.3) is 0 Å². The highest BCUT2D eigenvalue weighted by Gasteiger charge is 2.46. The van der Waals surface area contributed by atoms with Crippen LogP contribution in [-0.2, 0) is 0 Å². The van der Waals surface area contributed by atoms with Crippen LogP contribution in [0.2, 0.25) is 0 Å². The molecule has 0 atom stereocenters. The van der Waals surface area contributed by atoms with Crippen molar-refractivity contribution < 1.29 is 9.47 Å². The van der Waals surface area contributed by atoms with Crippen LogP contribution in [0.4, 0.5) is 0 Å². The lowest BCUT2D eigenvalue weighted by Crippen LogP contribution is -2.20. The lowest BCUT2D eigenvalue weighted by Gasteiger charge is -2.08. The fourth-order valence-corrected chi connectivity index (χ4v) is 2.96. The summed E-state index contributed by atoms with van der Waals surface area (Å²) in [5.74, 6) is 1.13. The number of nitriles is 2. The second kappa shape index (κ2) is 3.76. The summed E-state index contributed by atoms with van der Waals surface area (Å²) in [6.45, 7) is 0. The second-order valence-electron chi connectivity index (χ2n) is 4.74. The third-order valence-corrected chi connectivity index (χ3v) is 3.75. The van der Waals surface area contributed by atoms with E-state index in [9.17, 15) is 10.5 Å². The Bertz CT molecular complexity index is 747. The Morgan fingerprint density at radius 3 is 1.75 bits per heavy atom. The minimum atomic E-state index is -0.482. The molecule has 0 aromatic heterocycles. The van der Waals surface area contributed by atoms with Crippen LogP contribution in [0.5, 0.6) is 11.5 Å². The van der Waals surface area contributed by atoms with Crippen LogP contribution in [0.15, 0.2) is 36.4 Å². The topological polar surface area (TPSA) is 66.0 Å². The molecule has 0 radical (unpaired) electrons. The first-order valence-electron chi connectivity index (χ1n) is 6.23. The van der Waals surface area contributed by atoms with Gasteiger partial charge in [-0.15, -0.1) is 0 Å². The summed E-state index contributed by atoms with van der Waals surface area (Å²) in [7, 11) is 0. The zero-order valence-electron chi connectivity index (χ0n) is 10.3. The Balaban J connectivity index is 2.00. The number of benzene rings is 2. The number of hydrogen-bond donors (Lipinski definition) is 0. The van der Waals surface area contributed by atoms with Crippen LogP contribution in [0.3, 0.4) is 0 Å². The van der Waals surface area contributed by atoms with Gasteiger partial charge < -0.3 is 9.47 Å². The summed E-state index contributed by atoms with van der Waals surface area (Å²) < 4.78 is 11.5. The van der Waals surface area contributed by atoms with Crippen LogP contribution in [0.1, 0.15) is 28.2 Å². The van der Waals surface area contributed by atoms with Crippen molar-refractivity contribution in [1.82, 2.24) is 0 Å². The van der Waals surface area contributed by atoms with E-state index >= 15 is 0 Å². The van der Waals surface area contributed by atoms with Crippen molar-refractivity contribution in [1.29, 1.82) is 10.5 Å². The quantitative estimate of drug-likeness (QED) is 0.730. The molecule has 4 rings (SSSR count). The van der Waals surface area contributed by atoms with E-state index in [0.717, 1.165) is 11.1 Å². The smallest absolute Gasteiger partial charge is 0.252 e. The largest absolute Gasteiger partial charge is 0.453 e. The third-order valence-electron chi connectivity index (χ3n) is 3.75. The van der Waals surface area contributed by atoms with Gasteiger partial charge in [-0.2, -0.15) is 10.5 Å². The molecule has 2 aliphatic heterocycles. The van der Waals surface area contributed by atoms with Crippen molar-refractivity contribution in [3.63, 3.8) is 0 Å². The van der Waals surface area contributed by atoms with Gasteiger partial charge in [-0.1, -0.05) is 12.1 Å². The average molecular weight is 260 g/mol. The van der Waals surface area contributed by atoms with Gasteiger partial charge in [0.05, 0.1) is 29.2 Å². The highest BCUT2D eigenvalue weighted by molar-refractivity contribution is 5.62. The van der Waals surface area contributed by atoms with Gasteiger partial charge in [-0.25, -0.2) is 0 Å². The minimum absolute atomic E-state index is 0.202. The van der Waals surface area contributed by atoms with Crippen molar-refractivity contribution in [3.05, 3.63) is 58.7 Å². The molecule has 0 fully saturated rings. The van der Waals surface area contributed by atoms with Crippen LogP contribution in [-0.4, -0.2) is 6.29 Å². The number of fused-ring (bicyclic) bond motifs is 5. The van der Waals surface area contributed by atoms with E-state index in [1.807, 2.05) is 12.1 Å². The van der Waals surface area contributed by atoms with E-state index in [4.69, 9.17) is 9.47 Å². The highest BCUT2D eigenvalue weighted by Crippen LogP contribution is 2.52. The molecule has 2 aromatic carbocycles. The highest BCUT2D eigenvalue weighted by atomic mass is 16.7. The van der Waals surface area contributed by atoms with Crippen molar-refractivity contribution in [2.24, 2.45) is 0 Å².